The molecule has 9 heteroatoms. The second kappa shape index (κ2) is 11.5. The minimum Gasteiger partial charge on any atom is -0.491 e. The quantitative estimate of drug-likeness (QED) is 0.239. The molecule has 0 radical (unpaired) electrons. The molecule has 1 aliphatic heterocycles. The zero-order valence-corrected chi connectivity index (χ0v) is 21.8. The number of anilines is 3. The molecular formula is C28H25Cl2N3O4. The molecule has 0 aromatic heterocycles. The van der Waals surface area contributed by atoms with E-state index in [2.05, 4.69) is 17.6 Å². The Bertz CT molecular complexity index is 1400. The summed E-state index contributed by atoms with van der Waals surface area (Å²) in [5.74, 6) is -1.05. The minimum absolute atomic E-state index is 0.0849. The van der Waals surface area contributed by atoms with Gasteiger partial charge >= 0.3 is 0 Å². The lowest BCUT2D eigenvalue weighted by Gasteiger charge is -2.18. The average molecular weight is 538 g/mol. The summed E-state index contributed by atoms with van der Waals surface area (Å²) in [5, 5.41) is 5.95. The third kappa shape index (κ3) is 5.63. The van der Waals surface area contributed by atoms with Gasteiger partial charge in [-0.1, -0.05) is 60.8 Å². The van der Waals surface area contributed by atoms with Crippen LogP contribution in [0.1, 0.15) is 35.7 Å². The van der Waals surface area contributed by atoms with E-state index in [0.717, 1.165) is 17.7 Å². The molecule has 190 valence electrons. The molecule has 0 atom stereocenters. The average Bonchev–Trinajstić information content (AvgIpc) is 3.10. The summed E-state index contributed by atoms with van der Waals surface area (Å²) < 4.78 is 5.79. The van der Waals surface area contributed by atoms with Crippen LogP contribution in [0.3, 0.4) is 0 Å². The molecular weight excluding hydrogens is 513 g/mol. The monoisotopic (exact) mass is 537 g/mol. The number of unbranched alkanes of at least 4 members (excludes halogenated alkanes) is 1. The van der Waals surface area contributed by atoms with Crippen molar-refractivity contribution in [3.63, 3.8) is 0 Å². The van der Waals surface area contributed by atoms with E-state index in [1.807, 2.05) is 12.1 Å². The highest BCUT2D eigenvalue weighted by molar-refractivity contribution is 6.53. The van der Waals surface area contributed by atoms with Crippen molar-refractivity contribution in [2.24, 2.45) is 0 Å². The Morgan fingerprint density at radius 3 is 2.51 bits per heavy atom. The Labute approximate surface area is 225 Å². The van der Waals surface area contributed by atoms with E-state index in [0.29, 0.717) is 45.6 Å². The smallest absolute Gasteiger partial charge is 0.283 e. The van der Waals surface area contributed by atoms with Gasteiger partial charge in [-0.05, 0) is 61.4 Å². The molecule has 0 saturated heterocycles. The molecule has 0 fully saturated rings. The molecule has 0 saturated carbocycles. The SMILES string of the molecule is CCCCOc1ccccc1NC(=O)c1cccc(NC2=C(Cl)C(=O)N(c3cccc(Cl)c3C)C2=O)c1. The Hall–Kier alpha value is -3.81. The Morgan fingerprint density at radius 1 is 0.973 bits per heavy atom. The summed E-state index contributed by atoms with van der Waals surface area (Å²) in [6.45, 7) is 4.34. The highest BCUT2D eigenvalue weighted by atomic mass is 35.5. The lowest BCUT2D eigenvalue weighted by Crippen LogP contribution is -2.32. The first kappa shape index (κ1) is 26.3. The highest BCUT2D eigenvalue weighted by Crippen LogP contribution is 2.34. The number of hydrogen-bond donors (Lipinski definition) is 2. The van der Waals surface area contributed by atoms with Crippen molar-refractivity contribution in [2.75, 3.05) is 22.1 Å². The molecule has 3 amide bonds. The topological polar surface area (TPSA) is 87.7 Å². The number of hydrogen-bond acceptors (Lipinski definition) is 5. The van der Waals surface area contributed by atoms with Crippen molar-refractivity contribution in [2.45, 2.75) is 26.7 Å². The number of ether oxygens (including phenoxy) is 1. The molecule has 1 heterocycles. The molecule has 4 rings (SSSR count). The summed E-state index contributed by atoms with van der Waals surface area (Å²) in [5.41, 5.74) is 2.15. The number of rotatable bonds is 9. The van der Waals surface area contributed by atoms with E-state index >= 15 is 0 Å². The van der Waals surface area contributed by atoms with Gasteiger partial charge in [0.05, 0.1) is 18.0 Å². The number of carbonyl (C=O) groups excluding carboxylic acids is 3. The second-order valence-corrected chi connectivity index (χ2v) is 9.16. The first-order valence-corrected chi connectivity index (χ1v) is 12.5. The number of amides is 3. The first-order chi connectivity index (χ1) is 17.8. The van der Waals surface area contributed by atoms with Crippen LogP contribution < -0.4 is 20.3 Å². The Kier molecular flexibility index (Phi) is 8.16. The van der Waals surface area contributed by atoms with E-state index in [1.165, 1.54) is 0 Å². The van der Waals surface area contributed by atoms with Crippen LogP contribution in [-0.4, -0.2) is 24.3 Å². The van der Waals surface area contributed by atoms with Gasteiger partial charge < -0.3 is 15.4 Å². The molecule has 0 bridgehead atoms. The van der Waals surface area contributed by atoms with Crippen molar-refractivity contribution in [3.05, 3.63) is 93.6 Å². The molecule has 7 nitrogen and oxygen atoms in total. The number of carbonyl (C=O) groups is 3. The standard InChI is InChI=1S/C28H25Cl2N3O4/c1-3-4-15-37-23-14-6-5-12-21(23)32-26(34)18-9-7-10-19(16-18)31-25-24(30)27(35)33(28(25)36)22-13-8-11-20(29)17(22)2/h5-14,16,31H,3-4,15H2,1-2H3,(H,32,34). The van der Waals surface area contributed by atoms with Crippen LogP contribution in [0, 0.1) is 6.92 Å². The molecule has 1 aliphatic rings. The number of halogens is 2. The van der Waals surface area contributed by atoms with Gasteiger partial charge in [0.25, 0.3) is 17.7 Å². The lowest BCUT2D eigenvalue weighted by atomic mass is 10.1. The second-order valence-electron chi connectivity index (χ2n) is 8.38. The van der Waals surface area contributed by atoms with Crippen LogP contribution in [0.5, 0.6) is 5.75 Å². The Balaban J connectivity index is 1.52. The van der Waals surface area contributed by atoms with Gasteiger partial charge in [-0.2, -0.15) is 0 Å². The third-order valence-electron chi connectivity index (χ3n) is 5.79. The van der Waals surface area contributed by atoms with Crippen molar-refractivity contribution in [1.82, 2.24) is 0 Å². The Morgan fingerprint density at radius 2 is 1.73 bits per heavy atom. The van der Waals surface area contributed by atoms with Crippen molar-refractivity contribution < 1.29 is 19.1 Å². The van der Waals surface area contributed by atoms with Crippen molar-refractivity contribution in [1.29, 1.82) is 0 Å². The number of nitrogens with one attached hydrogen (secondary N) is 2. The summed E-state index contributed by atoms with van der Waals surface area (Å²) in [6.07, 6.45) is 1.91. The number of para-hydroxylation sites is 2. The zero-order chi connectivity index (χ0) is 26.5. The molecule has 0 unspecified atom stereocenters. The maximum atomic E-state index is 13.2. The van der Waals surface area contributed by atoms with Crippen molar-refractivity contribution in [3.8, 4) is 5.75 Å². The fourth-order valence-corrected chi connectivity index (χ4v) is 4.15. The predicted molar refractivity (Wildman–Crippen MR) is 146 cm³/mol. The van der Waals surface area contributed by atoms with Gasteiger partial charge in [0, 0.05) is 16.3 Å². The molecule has 0 aliphatic carbocycles. The lowest BCUT2D eigenvalue weighted by molar-refractivity contribution is -0.120. The van der Waals surface area contributed by atoms with E-state index in [-0.39, 0.29) is 16.6 Å². The van der Waals surface area contributed by atoms with Gasteiger partial charge in [0.15, 0.2) is 0 Å². The molecule has 2 N–H and O–H groups in total. The van der Waals surface area contributed by atoms with Gasteiger partial charge in [-0.25, -0.2) is 4.90 Å². The highest BCUT2D eigenvalue weighted by Gasteiger charge is 2.39. The maximum Gasteiger partial charge on any atom is 0.283 e. The van der Waals surface area contributed by atoms with E-state index in [1.54, 1.807) is 61.5 Å². The molecule has 0 spiro atoms. The summed E-state index contributed by atoms with van der Waals surface area (Å²) in [7, 11) is 0. The van der Waals surface area contributed by atoms with Crippen LogP contribution in [0.25, 0.3) is 0 Å². The number of nitrogens with zero attached hydrogens (tertiary/aromatic N) is 1. The van der Waals surface area contributed by atoms with Crippen molar-refractivity contribution >= 4 is 58.0 Å². The fraction of sp³-hybridized carbons (Fsp3) is 0.179. The summed E-state index contributed by atoms with van der Waals surface area (Å²) in [6, 6.07) is 18.7. The summed E-state index contributed by atoms with van der Waals surface area (Å²) >= 11 is 12.4. The van der Waals surface area contributed by atoms with Gasteiger partial charge in [0.2, 0.25) is 0 Å². The van der Waals surface area contributed by atoms with Gasteiger partial charge in [-0.15, -0.1) is 0 Å². The third-order valence-corrected chi connectivity index (χ3v) is 6.55. The van der Waals surface area contributed by atoms with E-state index in [9.17, 15) is 14.4 Å². The van der Waals surface area contributed by atoms with Gasteiger partial charge in [-0.3, -0.25) is 14.4 Å². The maximum absolute atomic E-state index is 13.2. The van der Waals surface area contributed by atoms with Crippen LogP contribution in [0.4, 0.5) is 17.1 Å². The first-order valence-electron chi connectivity index (χ1n) is 11.8. The number of benzene rings is 3. The largest absolute Gasteiger partial charge is 0.491 e. The summed E-state index contributed by atoms with van der Waals surface area (Å²) in [4.78, 5) is 40.0. The van der Waals surface area contributed by atoms with Gasteiger partial charge in [0.1, 0.15) is 16.5 Å². The van der Waals surface area contributed by atoms with Crippen LogP contribution in [0.2, 0.25) is 5.02 Å². The van der Waals surface area contributed by atoms with Crippen LogP contribution in [-0.2, 0) is 9.59 Å². The normalized spacial score (nSPS) is 13.2. The number of imide groups is 1. The predicted octanol–water partition coefficient (Wildman–Crippen LogP) is 6.52. The zero-order valence-electron chi connectivity index (χ0n) is 20.3. The molecule has 3 aromatic carbocycles. The van der Waals surface area contributed by atoms with E-state index < -0.39 is 11.8 Å². The molecule has 37 heavy (non-hydrogen) atoms. The van der Waals surface area contributed by atoms with Crippen LogP contribution in [0.15, 0.2) is 77.5 Å². The minimum atomic E-state index is -0.659. The van der Waals surface area contributed by atoms with E-state index in [4.69, 9.17) is 27.9 Å². The molecule has 3 aromatic rings. The van der Waals surface area contributed by atoms with Crippen LogP contribution >= 0.6 is 23.2 Å². The fourth-order valence-electron chi connectivity index (χ4n) is 3.77.